The third-order valence-electron chi connectivity index (χ3n) is 3.85. The summed E-state index contributed by atoms with van der Waals surface area (Å²) in [5, 5.41) is 3.01. The molecule has 1 aliphatic rings. The Kier molecular flexibility index (Phi) is 4.92. The fraction of sp³-hybridized carbons (Fsp3) is 0.412. The van der Waals surface area contributed by atoms with Gasteiger partial charge in [0, 0.05) is 37.9 Å². The number of hydrogen-bond acceptors (Lipinski definition) is 5. The zero-order valence-electron chi connectivity index (χ0n) is 13.2. The van der Waals surface area contributed by atoms with Crippen LogP contribution in [0.4, 0.5) is 0 Å². The molecule has 1 saturated heterocycles. The fourth-order valence-electron chi connectivity index (χ4n) is 2.75. The first-order chi connectivity index (χ1) is 11.2. The molecule has 1 aliphatic heterocycles. The number of pyridine rings is 1. The summed E-state index contributed by atoms with van der Waals surface area (Å²) in [6, 6.07) is 7.48. The Hall–Kier alpha value is -2.34. The lowest BCUT2D eigenvalue weighted by molar-refractivity contribution is 0.0909. The van der Waals surface area contributed by atoms with Gasteiger partial charge in [0.05, 0.1) is 12.9 Å². The van der Waals surface area contributed by atoms with Gasteiger partial charge in [-0.2, -0.15) is 0 Å². The number of hydrogen-bond donors (Lipinski definition) is 1. The lowest BCUT2D eigenvalue weighted by atomic mass is 10.2. The molecule has 3 rings (SSSR count). The van der Waals surface area contributed by atoms with E-state index in [4.69, 9.17) is 9.15 Å². The molecule has 2 aromatic heterocycles. The van der Waals surface area contributed by atoms with Crippen molar-refractivity contribution in [3.8, 4) is 5.88 Å². The van der Waals surface area contributed by atoms with Crippen LogP contribution in [0, 0.1) is 0 Å². The van der Waals surface area contributed by atoms with Crippen LogP contribution in [0.1, 0.15) is 29.5 Å². The normalized spacial score (nSPS) is 18.0. The van der Waals surface area contributed by atoms with Gasteiger partial charge in [0.1, 0.15) is 0 Å². The first-order valence-corrected chi connectivity index (χ1v) is 7.89. The molecule has 1 fully saturated rings. The van der Waals surface area contributed by atoms with E-state index in [1.54, 1.807) is 12.1 Å². The Labute approximate surface area is 135 Å². The predicted octanol–water partition coefficient (Wildman–Crippen LogP) is 2.08. The van der Waals surface area contributed by atoms with E-state index in [0.717, 1.165) is 31.6 Å². The van der Waals surface area contributed by atoms with Crippen molar-refractivity contribution in [2.75, 3.05) is 19.7 Å². The maximum Gasteiger partial charge on any atom is 0.287 e. The number of carbonyl (C=O) groups is 1. The van der Waals surface area contributed by atoms with Gasteiger partial charge in [-0.3, -0.25) is 9.69 Å². The quantitative estimate of drug-likeness (QED) is 0.884. The van der Waals surface area contributed by atoms with Crippen molar-refractivity contribution >= 4 is 5.91 Å². The molecule has 0 bridgehead atoms. The van der Waals surface area contributed by atoms with E-state index >= 15 is 0 Å². The second-order valence-corrected chi connectivity index (χ2v) is 5.61. The molecule has 1 amide bonds. The van der Waals surface area contributed by atoms with E-state index < -0.39 is 0 Å². The Morgan fingerprint density at radius 3 is 3.09 bits per heavy atom. The average Bonchev–Trinajstić information content (AvgIpc) is 3.21. The number of likely N-dealkylation sites (tertiary alicyclic amines) is 1. The minimum Gasteiger partial charge on any atom is -0.478 e. The van der Waals surface area contributed by atoms with Gasteiger partial charge in [-0.25, -0.2) is 4.98 Å². The van der Waals surface area contributed by atoms with Crippen molar-refractivity contribution in [3.05, 3.63) is 48.0 Å². The third kappa shape index (κ3) is 4.10. The molecule has 1 N–H and O–H groups in total. The van der Waals surface area contributed by atoms with Crippen LogP contribution in [-0.2, 0) is 6.54 Å². The molecular formula is C17H21N3O3. The van der Waals surface area contributed by atoms with Crippen molar-refractivity contribution in [2.45, 2.75) is 25.9 Å². The van der Waals surface area contributed by atoms with Gasteiger partial charge in [-0.1, -0.05) is 6.07 Å². The Morgan fingerprint density at radius 2 is 2.39 bits per heavy atom. The van der Waals surface area contributed by atoms with Gasteiger partial charge in [0.15, 0.2) is 5.76 Å². The van der Waals surface area contributed by atoms with Gasteiger partial charge >= 0.3 is 0 Å². The summed E-state index contributed by atoms with van der Waals surface area (Å²) in [6.07, 6.45) is 4.30. The molecule has 0 aromatic carbocycles. The van der Waals surface area contributed by atoms with Gasteiger partial charge < -0.3 is 14.5 Å². The molecule has 0 unspecified atom stereocenters. The number of carbonyl (C=O) groups excluding carboxylic acids is 1. The highest BCUT2D eigenvalue weighted by Gasteiger charge is 2.24. The molecular weight excluding hydrogens is 294 g/mol. The predicted molar refractivity (Wildman–Crippen MR) is 85.3 cm³/mol. The number of aromatic nitrogens is 1. The van der Waals surface area contributed by atoms with E-state index in [-0.39, 0.29) is 11.9 Å². The Balaban J connectivity index is 1.48. The zero-order chi connectivity index (χ0) is 16.1. The van der Waals surface area contributed by atoms with Crippen LogP contribution in [0.5, 0.6) is 5.88 Å². The van der Waals surface area contributed by atoms with Crippen molar-refractivity contribution < 1.29 is 13.9 Å². The highest BCUT2D eigenvalue weighted by atomic mass is 16.5. The standard InChI is InChI=1S/C17H21N3O3/c1-2-22-16-6-5-13(10-18-16)11-20-8-7-14(12-20)19-17(21)15-4-3-9-23-15/h3-6,9-10,14H,2,7-8,11-12H2,1H3,(H,19,21)/t14-/m0/s1. The number of furan rings is 1. The second-order valence-electron chi connectivity index (χ2n) is 5.61. The van der Waals surface area contributed by atoms with Crippen LogP contribution in [-0.4, -0.2) is 41.5 Å². The second kappa shape index (κ2) is 7.28. The summed E-state index contributed by atoms with van der Waals surface area (Å²) in [4.78, 5) is 18.6. The van der Waals surface area contributed by atoms with Crippen LogP contribution in [0.3, 0.4) is 0 Å². The molecule has 23 heavy (non-hydrogen) atoms. The molecule has 0 saturated carbocycles. The lowest BCUT2D eigenvalue weighted by Crippen LogP contribution is -2.36. The van der Waals surface area contributed by atoms with E-state index in [2.05, 4.69) is 15.2 Å². The van der Waals surface area contributed by atoms with E-state index in [0.29, 0.717) is 18.2 Å². The average molecular weight is 315 g/mol. The van der Waals surface area contributed by atoms with Crippen LogP contribution in [0.15, 0.2) is 41.1 Å². The first kappa shape index (κ1) is 15.6. The minimum atomic E-state index is -0.149. The van der Waals surface area contributed by atoms with Crippen LogP contribution >= 0.6 is 0 Å². The molecule has 0 spiro atoms. The van der Waals surface area contributed by atoms with Gasteiger partial charge in [-0.15, -0.1) is 0 Å². The van der Waals surface area contributed by atoms with Crippen molar-refractivity contribution in [2.24, 2.45) is 0 Å². The Bertz CT molecular complexity index is 625. The number of rotatable bonds is 6. The van der Waals surface area contributed by atoms with Gasteiger partial charge in [-0.05, 0) is 31.0 Å². The van der Waals surface area contributed by atoms with Crippen molar-refractivity contribution in [3.63, 3.8) is 0 Å². The number of nitrogens with one attached hydrogen (secondary N) is 1. The topological polar surface area (TPSA) is 67.6 Å². The molecule has 1 atom stereocenters. The summed E-state index contributed by atoms with van der Waals surface area (Å²) in [5.74, 6) is 0.866. The Morgan fingerprint density at radius 1 is 1.48 bits per heavy atom. The van der Waals surface area contributed by atoms with Crippen LogP contribution < -0.4 is 10.1 Å². The van der Waals surface area contributed by atoms with Crippen molar-refractivity contribution in [1.29, 1.82) is 0 Å². The molecule has 0 radical (unpaired) electrons. The maximum absolute atomic E-state index is 12.0. The van der Waals surface area contributed by atoms with Gasteiger partial charge in [0.2, 0.25) is 5.88 Å². The molecule has 6 nitrogen and oxygen atoms in total. The number of amides is 1. The molecule has 0 aliphatic carbocycles. The monoisotopic (exact) mass is 315 g/mol. The fourth-order valence-corrected chi connectivity index (χ4v) is 2.75. The van der Waals surface area contributed by atoms with Crippen LogP contribution in [0.2, 0.25) is 0 Å². The highest BCUT2D eigenvalue weighted by molar-refractivity contribution is 5.91. The highest BCUT2D eigenvalue weighted by Crippen LogP contribution is 2.15. The summed E-state index contributed by atoms with van der Waals surface area (Å²) in [7, 11) is 0. The lowest BCUT2D eigenvalue weighted by Gasteiger charge is -2.16. The first-order valence-electron chi connectivity index (χ1n) is 7.89. The number of ether oxygens (including phenoxy) is 1. The summed E-state index contributed by atoms with van der Waals surface area (Å²) >= 11 is 0. The minimum absolute atomic E-state index is 0.149. The number of nitrogens with zero attached hydrogens (tertiary/aromatic N) is 2. The SMILES string of the molecule is CCOc1ccc(CN2CC[C@H](NC(=O)c3ccco3)C2)cn1. The maximum atomic E-state index is 12.0. The summed E-state index contributed by atoms with van der Waals surface area (Å²) in [5.41, 5.74) is 1.14. The molecule has 2 aromatic rings. The molecule has 122 valence electrons. The van der Waals surface area contributed by atoms with Gasteiger partial charge in [0.25, 0.3) is 5.91 Å². The van der Waals surface area contributed by atoms with E-state index in [9.17, 15) is 4.79 Å². The summed E-state index contributed by atoms with van der Waals surface area (Å²) < 4.78 is 10.5. The van der Waals surface area contributed by atoms with Crippen LogP contribution in [0.25, 0.3) is 0 Å². The van der Waals surface area contributed by atoms with E-state index in [1.165, 1.54) is 6.26 Å². The molecule has 6 heteroatoms. The zero-order valence-corrected chi connectivity index (χ0v) is 13.2. The van der Waals surface area contributed by atoms with E-state index in [1.807, 2.05) is 25.3 Å². The third-order valence-corrected chi connectivity index (χ3v) is 3.85. The molecule has 3 heterocycles. The summed E-state index contributed by atoms with van der Waals surface area (Å²) in [6.45, 7) is 5.18. The van der Waals surface area contributed by atoms with Crippen molar-refractivity contribution in [1.82, 2.24) is 15.2 Å². The largest absolute Gasteiger partial charge is 0.478 e. The smallest absolute Gasteiger partial charge is 0.287 e.